The molecule has 1 heterocycles. The fraction of sp³-hybridized carbons (Fsp3) is 0.588. The van der Waals surface area contributed by atoms with E-state index in [0.717, 1.165) is 43.9 Å². The lowest BCUT2D eigenvalue weighted by Crippen LogP contribution is -2.44. The molecule has 0 N–H and O–H groups in total. The lowest BCUT2D eigenvalue weighted by Gasteiger charge is -2.33. The van der Waals surface area contributed by atoms with Crippen molar-refractivity contribution in [1.29, 1.82) is 0 Å². The summed E-state index contributed by atoms with van der Waals surface area (Å²) in [7, 11) is 6.91. The van der Waals surface area contributed by atoms with Gasteiger partial charge in [-0.25, -0.2) is 4.79 Å². The number of amides is 2. The van der Waals surface area contributed by atoms with Crippen molar-refractivity contribution in [1.82, 2.24) is 9.80 Å². The van der Waals surface area contributed by atoms with E-state index in [2.05, 4.69) is 12.1 Å². The van der Waals surface area contributed by atoms with Gasteiger partial charge in [-0.05, 0) is 42.9 Å². The zero-order chi connectivity index (χ0) is 16.1. The van der Waals surface area contributed by atoms with Gasteiger partial charge in [-0.2, -0.15) is 0 Å². The molecule has 1 aliphatic rings. The van der Waals surface area contributed by atoms with Crippen LogP contribution < -0.4 is 9.47 Å². The van der Waals surface area contributed by atoms with Crippen LogP contribution in [-0.4, -0.2) is 57.2 Å². The topological polar surface area (TPSA) is 42.0 Å². The lowest BCUT2D eigenvalue weighted by molar-refractivity contribution is 0.147. The van der Waals surface area contributed by atoms with Gasteiger partial charge in [-0.1, -0.05) is 6.07 Å². The molecule has 2 rings (SSSR count). The first kappa shape index (κ1) is 16.5. The Hall–Kier alpha value is -1.91. The zero-order valence-corrected chi connectivity index (χ0v) is 14.0. The van der Waals surface area contributed by atoms with E-state index < -0.39 is 0 Å². The van der Waals surface area contributed by atoms with Crippen LogP contribution in [0.1, 0.15) is 18.4 Å². The maximum absolute atomic E-state index is 11.9. The van der Waals surface area contributed by atoms with Gasteiger partial charge in [-0.15, -0.1) is 0 Å². The molecule has 1 aromatic carbocycles. The van der Waals surface area contributed by atoms with Crippen molar-refractivity contribution in [3.8, 4) is 11.5 Å². The van der Waals surface area contributed by atoms with Gasteiger partial charge in [0.2, 0.25) is 0 Å². The summed E-state index contributed by atoms with van der Waals surface area (Å²) in [6.07, 6.45) is 3.12. The van der Waals surface area contributed by atoms with E-state index in [9.17, 15) is 4.79 Å². The van der Waals surface area contributed by atoms with Crippen LogP contribution in [0.15, 0.2) is 18.2 Å². The van der Waals surface area contributed by atoms with Crippen molar-refractivity contribution in [3.05, 3.63) is 23.8 Å². The third-order valence-electron chi connectivity index (χ3n) is 4.24. The Morgan fingerprint density at radius 1 is 1.18 bits per heavy atom. The molecule has 0 bridgehead atoms. The van der Waals surface area contributed by atoms with Crippen LogP contribution in [0.5, 0.6) is 11.5 Å². The summed E-state index contributed by atoms with van der Waals surface area (Å²) in [5, 5.41) is 0. The van der Waals surface area contributed by atoms with Crippen LogP contribution in [-0.2, 0) is 6.42 Å². The van der Waals surface area contributed by atoms with Crippen molar-refractivity contribution in [2.24, 2.45) is 5.92 Å². The smallest absolute Gasteiger partial charge is 0.319 e. The molecule has 22 heavy (non-hydrogen) atoms. The number of carbonyl (C=O) groups is 1. The van der Waals surface area contributed by atoms with Crippen LogP contribution in [0.25, 0.3) is 0 Å². The molecular weight excluding hydrogens is 280 g/mol. The first-order valence-corrected chi connectivity index (χ1v) is 7.72. The molecule has 1 aliphatic heterocycles. The maximum Gasteiger partial charge on any atom is 0.319 e. The van der Waals surface area contributed by atoms with Gasteiger partial charge < -0.3 is 19.3 Å². The number of ether oxygens (including phenoxy) is 2. The van der Waals surface area contributed by atoms with E-state index in [1.165, 1.54) is 5.56 Å². The molecule has 0 aliphatic carbocycles. The number of methoxy groups -OCH3 is 2. The van der Waals surface area contributed by atoms with E-state index in [1.54, 1.807) is 33.2 Å². The Bertz CT molecular complexity index is 509. The van der Waals surface area contributed by atoms with Gasteiger partial charge >= 0.3 is 6.03 Å². The number of nitrogens with zero attached hydrogens (tertiary/aromatic N) is 2. The minimum atomic E-state index is 0.115. The standard InChI is InChI=1S/C17H26N2O3/c1-18(2)17(20)19-9-7-13(8-10-19)11-14-5-6-15(21-3)16(12-14)22-4/h5-6,12-13H,7-11H2,1-4H3. The van der Waals surface area contributed by atoms with Gasteiger partial charge in [0, 0.05) is 27.2 Å². The van der Waals surface area contributed by atoms with Gasteiger partial charge in [-0.3, -0.25) is 0 Å². The molecule has 2 amide bonds. The summed E-state index contributed by atoms with van der Waals surface area (Å²) in [6.45, 7) is 1.68. The number of benzene rings is 1. The molecule has 1 fully saturated rings. The number of hydrogen-bond acceptors (Lipinski definition) is 3. The molecule has 0 unspecified atom stereocenters. The van der Waals surface area contributed by atoms with E-state index in [0.29, 0.717) is 5.92 Å². The van der Waals surface area contributed by atoms with Crippen LogP contribution in [0.3, 0.4) is 0 Å². The fourth-order valence-corrected chi connectivity index (χ4v) is 2.95. The summed E-state index contributed by atoms with van der Waals surface area (Å²) >= 11 is 0. The van der Waals surface area contributed by atoms with Gasteiger partial charge in [0.05, 0.1) is 14.2 Å². The monoisotopic (exact) mass is 306 g/mol. The minimum absolute atomic E-state index is 0.115. The predicted molar refractivity (Wildman–Crippen MR) is 86.6 cm³/mol. The van der Waals surface area contributed by atoms with Crippen LogP contribution in [0.4, 0.5) is 4.79 Å². The lowest BCUT2D eigenvalue weighted by atomic mass is 9.90. The summed E-state index contributed by atoms with van der Waals surface area (Å²) in [6, 6.07) is 6.22. The molecule has 1 saturated heterocycles. The van der Waals surface area contributed by atoms with Crippen LogP contribution in [0, 0.1) is 5.92 Å². The Morgan fingerprint density at radius 3 is 2.36 bits per heavy atom. The summed E-state index contributed by atoms with van der Waals surface area (Å²) in [5.41, 5.74) is 1.26. The van der Waals surface area contributed by atoms with E-state index in [1.807, 2.05) is 11.0 Å². The number of likely N-dealkylation sites (tertiary alicyclic amines) is 1. The highest BCUT2D eigenvalue weighted by atomic mass is 16.5. The molecule has 0 aromatic heterocycles. The van der Waals surface area contributed by atoms with Crippen molar-refractivity contribution in [2.75, 3.05) is 41.4 Å². The van der Waals surface area contributed by atoms with Crippen LogP contribution in [0.2, 0.25) is 0 Å². The molecule has 0 atom stereocenters. The van der Waals surface area contributed by atoms with E-state index >= 15 is 0 Å². The zero-order valence-electron chi connectivity index (χ0n) is 14.0. The first-order chi connectivity index (χ1) is 10.5. The normalized spacial score (nSPS) is 15.5. The Labute approximate surface area is 132 Å². The third-order valence-corrected chi connectivity index (χ3v) is 4.24. The van der Waals surface area contributed by atoms with E-state index in [-0.39, 0.29) is 6.03 Å². The number of hydrogen-bond donors (Lipinski definition) is 0. The van der Waals surface area contributed by atoms with Crippen LogP contribution >= 0.6 is 0 Å². The van der Waals surface area contributed by atoms with Gasteiger partial charge in [0.25, 0.3) is 0 Å². The highest BCUT2D eigenvalue weighted by Gasteiger charge is 2.24. The van der Waals surface area contributed by atoms with Crippen molar-refractivity contribution in [2.45, 2.75) is 19.3 Å². The summed E-state index contributed by atoms with van der Waals surface area (Å²) < 4.78 is 10.6. The molecule has 122 valence electrons. The molecular formula is C17H26N2O3. The molecule has 1 aromatic rings. The summed E-state index contributed by atoms with van der Waals surface area (Å²) in [5.74, 6) is 2.15. The number of rotatable bonds is 4. The highest BCUT2D eigenvalue weighted by molar-refractivity contribution is 5.73. The van der Waals surface area contributed by atoms with Crippen molar-refractivity contribution in [3.63, 3.8) is 0 Å². The Balaban J connectivity index is 1.92. The van der Waals surface area contributed by atoms with Gasteiger partial charge in [0.15, 0.2) is 11.5 Å². The molecule has 5 heteroatoms. The molecule has 0 saturated carbocycles. The maximum atomic E-state index is 11.9. The predicted octanol–water partition coefficient (Wildman–Crippen LogP) is 2.64. The average molecular weight is 306 g/mol. The third kappa shape index (κ3) is 3.84. The summed E-state index contributed by atoms with van der Waals surface area (Å²) in [4.78, 5) is 15.5. The first-order valence-electron chi connectivity index (χ1n) is 7.72. The second-order valence-corrected chi connectivity index (χ2v) is 6.00. The largest absolute Gasteiger partial charge is 0.493 e. The number of urea groups is 1. The van der Waals surface area contributed by atoms with E-state index in [4.69, 9.17) is 9.47 Å². The van der Waals surface area contributed by atoms with Gasteiger partial charge in [0.1, 0.15) is 0 Å². The highest BCUT2D eigenvalue weighted by Crippen LogP contribution is 2.30. The Kier molecular flexibility index (Phi) is 5.52. The number of carbonyl (C=O) groups excluding carboxylic acids is 1. The molecule has 5 nitrogen and oxygen atoms in total. The molecule has 0 spiro atoms. The minimum Gasteiger partial charge on any atom is -0.493 e. The SMILES string of the molecule is COc1ccc(CC2CCN(C(=O)N(C)C)CC2)cc1OC. The van der Waals surface area contributed by atoms with Crippen molar-refractivity contribution < 1.29 is 14.3 Å². The number of piperidine rings is 1. The fourth-order valence-electron chi connectivity index (χ4n) is 2.95. The quantitative estimate of drug-likeness (QED) is 0.859. The average Bonchev–Trinajstić information content (AvgIpc) is 2.54. The van der Waals surface area contributed by atoms with Crippen molar-refractivity contribution >= 4 is 6.03 Å². The second kappa shape index (κ2) is 7.38. The second-order valence-electron chi connectivity index (χ2n) is 6.00. The Morgan fingerprint density at radius 2 is 1.82 bits per heavy atom. The molecule has 0 radical (unpaired) electrons.